The van der Waals surface area contributed by atoms with Crippen LogP contribution in [0.25, 0.3) is 0 Å². The third-order valence-electron chi connectivity index (χ3n) is 3.51. The van der Waals surface area contributed by atoms with Gasteiger partial charge in [-0.2, -0.15) is 0 Å². The van der Waals surface area contributed by atoms with Crippen molar-refractivity contribution in [3.05, 3.63) is 16.1 Å². The molecule has 1 aromatic rings. The zero-order valence-corrected chi connectivity index (χ0v) is 12.7. The van der Waals surface area contributed by atoms with Crippen LogP contribution in [0.15, 0.2) is 5.38 Å². The quantitative estimate of drug-likeness (QED) is 0.794. The van der Waals surface area contributed by atoms with Crippen molar-refractivity contribution in [2.24, 2.45) is 11.7 Å². The average Bonchev–Trinajstić information content (AvgIpc) is 3.05. The molecular weight excluding hydrogens is 282 g/mol. The van der Waals surface area contributed by atoms with E-state index in [-0.39, 0.29) is 18.3 Å². The number of amides is 1. The van der Waals surface area contributed by atoms with Gasteiger partial charge in [-0.1, -0.05) is 25.7 Å². The summed E-state index contributed by atoms with van der Waals surface area (Å²) in [6.45, 7) is 1.16. The molecule has 1 saturated carbocycles. The van der Waals surface area contributed by atoms with E-state index in [1.165, 1.54) is 43.4 Å². The normalized spacial score (nSPS) is 15.2. The minimum atomic E-state index is -0.0719. The summed E-state index contributed by atoms with van der Waals surface area (Å²) in [4.78, 5) is 15.9. The summed E-state index contributed by atoms with van der Waals surface area (Å²) in [5.41, 5.74) is 5.97. The maximum Gasteiger partial charge on any atom is 0.270 e. The van der Waals surface area contributed by atoms with Crippen LogP contribution in [0.5, 0.6) is 0 Å². The third-order valence-corrected chi connectivity index (χ3v) is 4.38. The van der Waals surface area contributed by atoms with Crippen LogP contribution in [0.3, 0.4) is 0 Å². The molecule has 1 aliphatic rings. The molecule has 0 aromatic carbocycles. The molecule has 1 heterocycles. The number of nitrogens with one attached hydrogen (secondary N) is 1. The van der Waals surface area contributed by atoms with Crippen LogP contribution in [0.2, 0.25) is 0 Å². The van der Waals surface area contributed by atoms with Gasteiger partial charge in [-0.15, -0.1) is 23.7 Å². The van der Waals surface area contributed by atoms with Gasteiger partial charge < -0.3 is 11.1 Å². The van der Waals surface area contributed by atoms with E-state index < -0.39 is 0 Å². The van der Waals surface area contributed by atoms with Gasteiger partial charge in [-0.25, -0.2) is 4.98 Å². The Labute approximate surface area is 124 Å². The maximum absolute atomic E-state index is 11.8. The molecule has 1 fully saturated rings. The molecule has 0 saturated heterocycles. The molecule has 19 heavy (non-hydrogen) atoms. The van der Waals surface area contributed by atoms with E-state index in [0.29, 0.717) is 12.2 Å². The number of rotatable bonds is 6. The van der Waals surface area contributed by atoms with Crippen LogP contribution in [-0.4, -0.2) is 17.4 Å². The van der Waals surface area contributed by atoms with Gasteiger partial charge in [0.25, 0.3) is 5.91 Å². The predicted octanol–water partition coefficient (Wildman–Crippen LogP) is 2.72. The van der Waals surface area contributed by atoms with Crippen molar-refractivity contribution in [2.75, 3.05) is 6.54 Å². The lowest BCUT2D eigenvalue weighted by molar-refractivity contribution is 0.0948. The number of thiazole rings is 1. The van der Waals surface area contributed by atoms with Crippen LogP contribution in [0.1, 0.15) is 54.0 Å². The molecule has 6 heteroatoms. The van der Waals surface area contributed by atoms with E-state index in [1.807, 2.05) is 0 Å². The van der Waals surface area contributed by atoms with Gasteiger partial charge in [0.15, 0.2) is 0 Å². The lowest BCUT2D eigenvalue weighted by Gasteiger charge is -2.08. The average molecular weight is 304 g/mol. The second-order valence-corrected chi connectivity index (χ2v) is 5.82. The molecule has 0 radical (unpaired) electrons. The smallest absolute Gasteiger partial charge is 0.270 e. The number of nitrogens with two attached hydrogens (primary N) is 1. The molecule has 0 unspecified atom stereocenters. The largest absolute Gasteiger partial charge is 0.351 e. The van der Waals surface area contributed by atoms with E-state index in [9.17, 15) is 4.79 Å². The summed E-state index contributed by atoms with van der Waals surface area (Å²) in [5.74, 6) is 0.822. The van der Waals surface area contributed by atoms with Gasteiger partial charge >= 0.3 is 0 Å². The topological polar surface area (TPSA) is 68.0 Å². The minimum Gasteiger partial charge on any atom is -0.351 e. The highest BCUT2D eigenvalue weighted by Crippen LogP contribution is 2.28. The predicted molar refractivity (Wildman–Crippen MR) is 80.8 cm³/mol. The van der Waals surface area contributed by atoms with E-state index in [1.54, 1.807) is 5.38 Å². The van der Waals surface area contributed by atoms with E-state index in [4.69, 9.17) is 5.73 Å². The van der Waals surface area contributed by atoms with Crippen LogP contribution >= 0.6 is 23.7 Å². The third kappa shape index (κ3) is 5.09. The van der Waals surface area contributed by atoms with Crippen molar-refractivity contribution < 1.29 is 4.79 Å². The Morgan fingerprint density at radius 3 is 2.84 bits per heavy atom. The zero-order valence-electron chi connectivity index (χ0n) is 11.1. The Morgan fingerprint density at radius 1 is 1.47 bits per heavy atom. The number of halogens is 1. The number of carbonyl (C=O) groups excluding carboxylic acids is 1. The van der Waals surface area contributed by atoms with Gasteiger partial charge in [0.05, 0.1) is 0 Å². The summed E-state index contributed by atoms with van der Waals surface area (Å²) < 4.78 is 0. The Bertz CT molecular complexity index is 391. The van der Waals surface area contributed by atoms with Crippen molar-refractivity contribution in [1.29, 1.82) is 0 Å². The van der Waals surface area contributed by atoms with Crippen molar-refractivity contribution >= 4 is 29.7 Å². The lowest BCUT2D eigenvalue weighted by atomic mass is 10.0. The molecule has 0 atom stereocenters. The van der Waals surface area contributed by atoms with Crippen molar-refractivity contribution in [2.45, 2.75) is 45.1 Å². The number of hydrogen-bond donors (Lipinski definition) is 2. The van der Waals surface area contributed by atoms with Crippen LogP contribution in [0.4, 0.5) is 0 Å². The first-order chi connectivity index (χ1) is 8.79. The molecular formula is C13H22ClN3OS. The van der Waals surface area contributed by atoms with Crippen LogP contribution in [-0.2, 0) is 6.54 Å². The first kappa shape index (κ1) is 16.4. The summed E-state index contributed by atoms with van der Waals surface area (Å²) in [6.07, 6.45) is 7.84. The fourth-order valence-corrected chi connectivity index (χ4v) is 3.15. The molecule has 1 aromatic heterocycles. The summed E-state index contributed by atoms with van der Waals surface area (Å²) in [5, 5.41) is 5.51. The fraction of sp³-hybridized carbons (Fsp3) is 0.692. The minimum absolute atomic E-state index is 0. The first-order valence-electron chi connectivity index (χ1n) is 6.72. The molecule has 3 N–H and O–H groups in total. The highest BCUT2D eigenvalue weighted by atomic mass is 35.5. The highest BCUT2D eigenvalue weighted by molar-refractivity contribution is 7.09. The van der Waals surface area contributed by atoms with E-state index in [2.05, 4.69) is 10.3 Å². The van der Waals surface area contributed by atoms with E-state index in [0.717, 1.165) is 23.9 Å². The number of carbonyl (C=O) groups is 1. The highest BCUT2D eigenvalue weighted by Gasteiger charge is 2.14. The molecule has 4 nitrogen and oxygen atoms in total. The number of aromatic nitrogens is 1. The Balaban J connectivity index is 0.00000180. The Hall–Kier alpha value is -0.650. The monoisotopic (exact) mass is 303 g/mol. The molecule has 1 aliphatic carbocycles. The van der Waals surface area contributed by atoms with Crippen LogP contribution in [0, 0.1) is 5.92 Å². The molecule has 0 aliphatic heterocycles. The second-order valence-electron chi connectivity index (χ2n) is 4.88. The van der Waals surface area contributed by atoms with Gasteiger partial charge in [-0.3, -0.25) is 4.79 Å². The lowest BCUT2D eigenvalue weighted by Crippen LogP contribution is -2.25. The van der Waals surface area contributed by atoms with Gasteiger partial charge in [0, 0.05) is 18.5 Å². The van der Waals surface area contributed by atoms with Gasteiger partial charge in [-0.05, 0) is 18.8 Å². The van der Waals surface area contributed by atoms with Gasteiger partial charge in [0.1, 0.15) is 10.7 Å². The van der Waals surface area contributed by atoms with Crippen LogP contribution < -0.4 is 11.1 Å². The Kier molecular flexibility index (Phi) is 7.34. The van der Waals surface area contributed by atoms with Gasteiger partial charge in [0.2, 0.25) is 0 Å². The SMILES string of the molecule is Cl.NCc1nc(C(=O)NCCCC2CCCC2)cs1. The maximum atomic E-state index is 11.8. The molecule has 2 rings (SSSR count). The van der Waals surface area contributed by atoms with Crippen molar-refractivity contribution in [3.8, 4) is 0 Å². The number of nitrogens with zero attached hydrogens (tertiary/aromatic N) is 1. The summed E-state index contributed by atoms with van der Waals surface area (Å²) in [6, 6.07) is 0. The molecule has 108 valence electrons. The second kappa shape index (κ2) is 8.51. The van der Waals surface area contributed by atoms with Crippen molar-refractivity contribution in [1.82, 2.24) is 10.3 Å². The van der Waals surface area contributed by atoms with E-state index >= 15 is 0 Å². The number of hydrogen-bond acceptors (Lipinski definition) is 4. The molecule has 0 bridgehead atoms. The van der Waals surface area contributed by atoms with Crippen molar-refractivity contribution in [3.63, 3.8) is 0 Å². The molecule has 1 amide bonds. The molecule has 0 spiro atoms. The zero-order chi connectivity index (χ0) is 12.8. The standard InChI is InChI=1S/C13H21N3OS.ClH/c14-8-12-16-11(9-18-12)13(17)15-7-3-6-10-4-1-2-5-10;/h9-10H,1-8,14H2,(H,15,17);1H. The first-order valence-corrected chi connectivity index (χ1v) is 7.60. The fourth-order valence-electron chi connectivity index (χ4n) is 2.49. The summed E-state index contributed by atoms with van der Waals surface area (Å²) in [7, 11) is 0. The summed E-state index contributed by atoms with van der Waals surface area (Å²) >= 11 is 1.44. The Morgan fingerprint density at radius 2 is 2.21 bits per heavy atom.